The van der Waals surface area contributed by atoms with E-state index in [4.69, 9.17) is 9.47 Å². The van der Waals surface area contributed by atoms with Crippen LogP contribution in [0.3, 0.4) is 0 Å². The molecule has 5 nitrogen and oxygen atoms in total. The predicted octanol–water partition coefficient (Wildman–Crippen LogP) is 7.58. The van der Waals surface area contributed by atoms with Crippen LogP contribution in [0.5, 0.6) is 0 Å². The van der Waals surface area contributed by atoms with Crippen molar-refractivity contribution in [2.24, 2.45) is 0 Å². The summed E-state index contributed by atoms with van der Waals surface area (Å²) in [6, 6.07) is 3.32. The number of aromatic carboxylic acids is 1. The minimum Gasteiger partial charge on any atom is -0.545 e. The van der Waals surface area contributed by atoms with Crippen molar-refractivity contribution in [3.8, 4) is 0 Å². The van der Waals surface area contributed by atoms with Gasteiger partial charge < -0.3 is 19.4 Å². The molecule has 0 aromatic carbocycles. The van der Waals surface area contributed by atoms with Crippen molar-refractivity contribution in [3.05, 3.63) is 30.1 Å². The summed E-state index contributed by atoms with van der Waals surface area (Å²) in [6.07, 6.45) is 31.3. The molecule has 0 saturated carbocycles. The number of carboxylic acid groups (broad SMARTS) is 1. The number of unbranched alkanes of at least 4 members (excludes halogenated alkanes) is 18. The lowest BCUT2D eigenvalue weighted by molar-refractivity contribution is -0.697. The molecule has 0 atom stereocenters. The second kappa shape index (κ2) is 27.1. The number of carbonyl (C=O) groups is 1. The minimum absolute atomic E-state index is 0.231. The third-order valence-corrected chi connectivity index (χ3v) is 7.27. The lowest BCUT2D eigenvalue weighted by Gasteiger charge is -2.06. The Bertz CT molecular complexity index is 652. The molecule has 0 bridgehead atoms. The first kappa shape index (κ1) is 34.6. The van der Waals surface area contributed by atoms with Gasteiger partial charge in [0.15, 0.2) is 12.4 Å². The average Bonchev–Trinajstić information content (AvgIpc) is 2.92. The van der Waals surface area contributed by atoms with Gasteiger partial charge in [-0.3, -0.25) is 0 Å². The Labute approximate surface area is 234 Å². The number of carboxylic acids is 1. The van der Waals surface area contributed by atoms with E-state index in [9.17, 15) is 9.90 Å². The van der Waals surface area contributed by atoms with Gasteiger partial charge in [0.05, 0.1) is 11.5 Å². The van der Waals surface area contributed by atoms with E-state index in [2.05, 4.69) is 6.92 Å². The van der Waals surface area contributed by atoms with Crippen LogP contribution in [0, 0.1) is 0 Å². The molecular formula is C33H59NO4. The van der Waals surface area contributed by atoms with Crippen LogP contribution in [0.4, 0.5) is 0 Å². The maximum absolute atomic E-state index is 10.9. The molecule has 1 heterocycles. The third kappa shape index (κ3) is 22.5. The molecular weight excluding hydrogens is 474 g/mol. The predicted molar refractivity (Wildman–Crippen MR) is 155 cm³/mol. The molecule has 5 heteroatoms. The van der Waals surface area contributed by atoms with E-state index in [0.29, 0.717) is 0 Å². The normalized spacial score (nSPS) is 11.3. The molecule has 0 aliphatic rings. The van der Waals surface area contributed by atoms with Crippen LogP contribution in [0.1, 0.15) is 152 Å². The van der Waals surface area contributed by atoms with Crippen molar-refractivity contribution in [2.75, 3.05) is 26.4 Å². The quantitative estimate of drug-likeness (QED) is 0.0786. The topological polar surface area (TPSA) is 62.5 Å². The third-order valence-electron chi connectivity index (χ3n) is 7.27. The smallest absolute Gasteiger partial charge is 0.177 e. The van der Waals surface area contributed by atoms with E-state index in [1.54, 1.807) is 18.3 Å². The highest BCUT2D eigenvalue weighted by molar-refractivity contribution is 5.84. The molecule has 38 heavy (non-hydrogen) atoms. The van der Waals surface area contributed by atoms with Crippen molar-refractivity contribution in [2.45, 2.75) is 148 Å². The number of pyridine rings is 1. The first-order chi connectivity index (χ1) is 18.7. The Hall–Kier alpha value is -1.46. The number of hydrogen-bond acceptors (Lipinski definition) is 4. The number of aromatic nitrogens is 1. The molecule has 0 amide bonds. The maximum atomic E-state index is 10.9. The molecule has 0 N–H and O–H groups in total. The highest BCUT2D eigenvalue weighted by Crippen LogP contribution is 2.13. The molecule has 0 radical (unpaired) electrons. The van der Waals surface area contributed by atoms with Crippen LogP contribution in [0.2, 0.25) is 0 Å². The van der Waals surface area contributed by atoms with Crippen molar-refractivity contribution in [1.82, 2.24) is 0 Å². The summed E-state index contributed by atoms with van der Waals surface area (Å²) >= 11 is 0. The van der Waals surface area contributed by atoms with Crippen molar-refractivity contribution < 1.29 is 23.9 Å². The highest BCUT2D eigenvalue weighted by Gasteiger charge is 2.03. The molecule has 1 aromatic rings. The number of aryl methyl sites for hydroxylation is 1. The monoisotopic (exact) mass is 533 g/mol. The molecule has 0 unspecified atom stereocenters. The van der Waals surface area contributed by atoms with Gasteiger partial charge in [0.2, 0.25) is 0 Å². The lowest BCUT2D eigenvalue weighted by atomic mass is 10.0. The molecule has 0 aliphatic carbocycles. The van der Waals surface area contributed by atoms with Crippen LogP contribution in [-0.2, 0) is 16.0 Å². The van der Waals surface area contributed by atoms with Gasteiger partial charge in [-0.25, -0.2) is 4.57 Å². The molecule has 220 valence electrons. The first-order valence-corrected chi connectivity index (χ1v) is 16.1. The Morgan fingerprint density at radius 3 is 1.53 bits per heavy atom. The van der Waals surface area contributed by atoms with Crippen LogP contribution in [0.15, 0.2) is 24.5 Å². The average molecular weight is 534 g/mol. The summed E-state index contributed by atoms with van der Waals surface area (Å²) in [6.45, 7) is 6.41. The van der Waals surface area contributed by atoms with Gasteiger partial charge in [-0.1, -0.05) is 110 Å². The van der Waals surface area contributed by atoms with E-state index >= 15 is 0 Å². The summed E-state index contributed by atoms with van der Waals surface area (Å²) < 4.78 is 13.4. The van der Waals surface area contributed by atoms with Crippen LogP contribution >= 0.6 is 0 Å². The van der Waals surface area contributed by atoms with Gasteiger partial charge in [-0.05, 0) is 31.7 Å². The molecule has 1 rings (SSSR count). The maximum Gasteiger partial charge on any atom is 0.177 e. The number of hydrogen-bond donors (Lipinski definition) is 0. The van der Waals surface area contributed by atoms with E-state index in [1.807, 2.05) is 10.8 Å². The van der Waals surface area contributed by atoms with Gasteiger partial charge in [0.1, 0.15) is 6.54 Å². The van der Waals surface area contributed by atoms with Crippen molar-refractivity contribution in [3.63, 3.8) is 0 Å². The number of nitrogens with zero attached hydrogens (tertiary/aromatic N) is 1. The van der Waals surface area contributed by atoms with Gasteiger partial charge in [0.25, 0.3) is 0 Å². The molecule has 0 saturated heterocycles. The standard InChI is InChI=1S/C33H59NO4/c1-2-3-4-5-6-7-8-9-10-11-12-13-14-15-17-20-27-37-29-23-30-38-28-21-18-16-19-25-34-26-22-24-32(31-34)33(35)36/h22,24,26,31H,2-21,23,25,27-30H2,1H3. The molecule has 1 aromatic heterocycles. The fourth-order valence-corrected chi connectivity index (χ4v) is 4.85. The zero-order valence-corrected chi connectivity index (χ0v) is 24.8. The number of ether oxygens (including phenoxy) is 2. The Kier molecular flexibility index (Phi) is 24.7. The van der Waals surface area contributed by atoms with E-state index in [-0.39, 0.29) is 5.56 Å². The second-order valence-corrected chi connectivity index (χ2v) is 10.9. The summed E-state index contributed by atoms with van der Waals surface area (Å²) in [4.78, 5) is 10.9. The zero-order chi connectivity index (χ0) is 27.4. The van der Waals surface area contributed by atoms with Crippen LogP contribution in [-0.4, -0.2) is 32.4 Å². The fraction of sp³-hybridized carbons (Fsp3) is 0.818. The van der Waals surface area contributed by atoms with Crippen LogP contribution in [0.25, 0.3) is 0 Å². The van der Waals surface area contributed by atoms with Crippen molar-refractivity contribution in [1.29, 1.82) is 0 Å². The summed E-state index contributed by atoms with van der Waals surface area (Å²) in [5.74, 6) is -1.12. The lowest BCUT2D eigenvalue weighted by Crippen LogP contribution is -2.35. The fourth-order valence-electron chi connectivity index (χ4n) is 4.85. The number of rotatable bonds is 29. The molecule has 0 aliphatic heterocycles. The molecule has 0 fully saturated rings. The van der Waals surface area contributed by atoms with E-state index in [0.717, 1.165) is 65.1 Å². The van der Waals surface area contributed by atoms with Crippen LogP contribution < -0.4 is 9.67 Å². The second-order valence-electron chi connectivity index (χ2n) is 10.9. The minimum atomic E-state index is -1.12. The Morgan fingerprint density at radius 1 is 0.632 bits per heavy atom. The van der Waals surface area contributed by atoms with E-state index < -0.39 is 5.97 Å². The number of carbonyl (C=O) groups excluding carboxylic acids is 1. The first-order valence-electron chi connectivity index (χ1n) is 16.1. The van der Waals surface area contributed by atoms with Crippen molar-refractivity contribution >= 4 is 5.97 Å². The summed E-state index contributed by atoms with van der Waals surface area (Å²) in [5, 5.41) is 10.9. The van der Waals surface area contributed by atoms with Gasteiger partial charge in [0, 0.05) is 38.9 Å². The summed E-state index contributed by atoms with van der Waals surface area (Å²) in [5.41, 5.74) is 0.231. The Morgan fingerprint density at radius 2 is 1.05 bits per heavy atom. The van der Waals surface area contributed by atoms with E-state index in [1.165, 1.54) is 103 Å². The molecule has 0 spiro atoms. The van der Waals surface area contributed by atoms with Gasteiger partial charge >= 0.3 is 0 Å². The SMILES string of the molecule is CCCCCCCCCCCCCCCCCCOCCCOCCCCCC[n+]1cccc(C(=O)[O-])c1. The zero-order valence-electron chi connectivity index (χ0n) is 24.8. The summed E-state index contributed by atoms with van der Waals surface area (Å²) in [7, 11) is 0. The van der Waals surface area contributed by atoms with Gasteiger partial charge in [-0.2, -0.15) is 0 Å². The van der Waals surface area contributed by atoms with Gasteiger partial charge in [-0.15, -0.1) is 0 Å². The highest BCUT2D eigenvalue weighted by atomic mass is 16.5. The largest absolute Gasteiger partial charge is 0.545 e. The Balaban J connectivity index is 1.70.